The highest BCUT2D eigenvalue weighted by atomic mass is 19.1. The Morgan fingerprint density at radius 1 is 1.28 bits per heavy atom. The van der Waals surface area contributed by atoms with Crippen molar-refractivity contribution in [3.63, 3.8) is 0 Å². The maximum Gasteiger partial charge on any atom is 0.251 e. The number of aryl methyl sites for hydroxylation is 1. The van der Waals surface area contributed by atoms with Crippen LogP contribution in [0.2, 0.25) is 0 Å². The smallest absolute Gasteiger partial charge is 0.251 e. The lowest BCUT2D eigenvalue weighted by molar-refractivity contribution is -0.133. The average Bonchev–Trinajstić information content (AvgIpc) is 2.94. The Kier molecular flexibility index (Phi) is 4.67. The molecule has 2 atom stereocenters. The lowest BCUT2D eigenvalue weighted by atomic mass is 10.0. The number of carbonyl (C=O) groups excluding carboxylic acids is 1. The fourth-order valence-electron chi connectivity index (χ4n) is 3.13. The van der Waals surface area contributed by atoms with E-state index in [1.807, 2.05) is 0 Å². The minimum atomic E-state index is -0.827. The summed E-state index contributed by atoms with van der Waals surface area (Å²) in [5, 5.41) is 9.92. The highest BCUT2D eigenvalue weighted by Gasteiger charge is 2.36. The van der Waals surface area contributed by atoms with Gasteiger partial charge in [-0.25, -0.2) is 8.78 Å². The van der Waals surface area contributed by atoms with Gasteiger partial charge in [-0.2, -0.15) is 0 Å². The minimum Gasteiger partial charge on any atom is -0.391 e. The number of benzene rings is 1. The zero-order valence-corrected chi connectivity index (χ0v) is 13.7. The Morgan fingerprint density at radius 2 is 2.04 bits per heavy atom. The van der Waals surface area contributed by atoms with Gasteiger partial charge in [0.2, 0.25) is 5.91 Å². The number of amides is 1. The van der Waals surface area contributed by atoms with Crippen molar-refractivity contribution in [1.29, 1.82) is 0 Å². The van der Waals surface area contributed by atoms with Crippen LogP contribution in [0.3, 0.4) is 0 Å². The van der Waals surface area contributed by atoms with Crippen molar-refractivity contribution in [2.24, 2.45) is 0 Å². The predicted molar refractivity (Wildman–Crippen MR) is 86.9 cm³/mol. The first-order valence-corrected chi connectivity index (χ1v) is 7.94. The van der Waals surface area contributed by atoms with Crippen molar-refractivity contribution in [2.75, 3.05) is 6.54 Å². The summed E-state index contributed by atoms with van der Waals surface area (Å²) in [6.45, 7) is 1.56. The quantitative estimate of drug-likeness (QED) is 0.920. The van der Waals surface area contributed by atoms with Gasteiger partial charge < -0.3 is 14.6 Å². The lowest BCUT2D eigenvalue weighted by Crippen LogP contribution is -2.37. The first-order valence-electron chi connectivity index (χ1n) is 7.94. The van der Waals surface area contributed by atoms with E-state index in [1.54, 1.807) is 13.0 Å². The second kappa shape index (κ2) is 6.76. The molecule has 1 fully saturated rings. The van der Waals surface area contributed by atoms with Gasteiger partial charge in [0.15, 0.2) is 0 Å². The first kappa shape index (κ1) is 17.3. The van der Waals surface area contributed by atoms with E-state index in [0.717, 1.165) is 23.8 Å². The largest absolute Gasteiger partial charge is 0.391 e. The number of rotatable bonds is 3. The van der Waals surface area contributed by atoms with Crippen LogP contribution in [-0.2, 0) is 11.3 Å². The Bertz CT molecular complexity index is 866. The summed E-state index contributed by atoms with van der Waals surface area (Å²) in [4.78, 5) is 25.9. The Morgan fingerprint density at radius 3 is 2.76 bits per heavy atom. The van der Waals surface area contributed by atoms with Gasteiger partial charge in [-0.1, -0.05) is 0 Å². The van der Waals surface area contributed by atoms with Gasteiger partial charge in [-0.3, -0.25) is 9.59 Å². The van der Waals surface area contributed by atoms with E-state index in [2.05, 4.69) is 0 Å². The molecule has 0 radical (unpaired) electrons. The number of aromatic nitrogens is 1. The zero-order chi connectivity index (χ0) is 18.1. The maximum atomic E-state index is 14.1. The van der Waals surface area contributed by atoms with Crippen molar-refractivity contribution >= 4 is 5.91 Å². The molecular formula is C18H18F2N2O3. The number of hydrogen-bond donors (Lipinski definition) is 1. The zero-order valence-electron chi connectivity index (χ0n) is 13.7. The molecule has 1 aliphatic heterocycles. The highest BCUT2D eigenvalue weighted by molar-refractivity contribution is 5.77. The third-order valence-electron chi connectivity index (χ3n) is 4.37. The van der Waals surface area contributed by atoms with E-state index in [0.29, 0.717) is 0 Å². The van der Waals surface area contributed by atoms with Gasteiger partial charge in [-0.15, -0.1) is 0 Å². The second-order valence-corrected chi connectivity index (χ2v) is 6.29. The molecule has 7 heteroatoms. The monoisotopic (exact) mass is 348 g/mol. The molecule has 1 amide bonds. The van der Waals surface area contributed by atoms with Crippen molar-refractivity contribution in [3.05, 3.63) is 69.6 Å². The van der Waals surface area contributed by atoms with Crippen molar-refractivity contribution in [2.45, 2.75) is 32.0 Å². The van der Waals surface area contributed by atoms with E-state index in [9.17, 15) is 23.5 Å². The van der Waals surface area contributed by atoms with E-state index in [1.165, 1.54) is 21.7 Å². The van der Waals surface area contributed by atoms with E-state index in [-0.39, 0.29) is 30.6 Å². The minimum absolute atomic E-state index is 0.0140. The molecule has 132 valence electrons. The number of hydrogen-bond acceptors (Lipinski definition) is 3. The summed E-state index contributed by atoms with van der Waals surface area (Å²) in [5.41, 5.74) is 0.493. The molecule has 1 aromatic carbocycles. The SMILES string of the molecule is Cc1ccn(CC(=O)N2C[C@@H](O)C[C@@H]2c2cc(F)ccc2F)c(=O)c1. The number of β-amino-alcohol motifs (C(OH)–C–C–N with tert-alkyl or cyclic N) is 1. The molecule has 0 bridgehead atoms. The summed E-state index contributed by atoms with van der Waals surface area (Å²) < 4.78 is 28.8. The lowest BCUT2D eigenvalue weighted by Gasteiger charge is -2.25. The number of aliphatic hydroxyl groups excluding tert-OH is 1. The Hall–Kier alpha value is -2.54. The Balaban J connectivity index is 1.87. The summed E-state index contributed by atoms with van der Waals surface area (Å²) >= 11 is 0. The molecule has 3 rings (SSSR count). The summed E-state index contributed by atoms with van der Waals surface area (Å²) in [6, 6.07) is 5.40. The molecule has 0 spiro atoms. The van der Waals surface area contributed by atoms with Gasteiger partial charge in [0.1, 0.15) is 18.2 Å². The number of carbonyl (C=O) groups is 1. The van der Waals surface area contributed by atoms with Gasteiger partial charge >= 0.3 is 0 Å². The Labute approximate surface area is 143 Å². The molecule has 1 N–H and O–H groups in total. The molecule has 1 saturated heterocycles. The topological polar surface area (TPSA) is 62.5 Å². The van der Waals surface area contributed by atoms with Crippen LogP contribution in [0, 0.1) is 18.6 Å². The number of halogens is 2. The molecular weight excluding hydrogens is 330 g/mol. The number of pyridine rings is 1. The van der Waals surface area contributed by atoms with Crippen LogP contribution in [0.4, 0.5) is 8.78 Å². The maximum absolute atomic E-state index is 14.1. The van der Waals surface area contributed by atoms with Crippen LogP contribution in [0.15, 0.2) is 41.3 Å². The number of nitrogens with zero attached hydrogens (tertiary/aromatic N) is 2. The molecule has 5 nitrogen and oxygen atoms in total. The summed E-state index contributed by atoms with van der Waals surface area (Å²) in [6.07, 6.45) is 0.806. The van der Waals surface area contributed by atoms with Crippen molar-refractivity contribution in [3.8, 4) is 0 Å². The molecule has 2 aromatic rings. The summed E-state index contributed by atoms with van der Waals surface area (Å²) in [7, 11) is 0. The van der Waals surface area contributed by atoms with Crippen LogP contribution < -0.4 is 5.56 Å². The van der Waals surface area contributed by atoms with E-state index < -0.39 is 29.7 Å². The molecule has 1 aliphatic rings. The number of likely N-dealkylation sites (tertiary alicyclic amines) is 1. The fraction of sp³-hybridized carbons (Fsp3) is 0.333. The van der Waals surface area contributed by atoms with Crippen LogP contribution in [-0.4, -0.2) is 33.1 Å². The van der Waals surface area contributed by atoms with E-state index in [4.69, 9.17) is 0 Å². The fourth-order valence-corrected chi connectivity index (χ4v) is 3.13. The van der Waals surface area contributed by atoms with Crippen LogP contribution in [0.25, 0.3) is 0 Å². The molecule has 0 saturated carbocycles. The highest BCUT2D eigenvalue weighted by Crippen LogP contribution is 2.34. The molecule has 0 aliphatic carbocycles. The van der Waals surface area contributed by atoms with Gasteiger partial charge in [0.05, 0.1) is 12.1 Å². The third kappa shape index (κ3) is 3.61. The van der Waals surface area contributed by atoms with Crippen LogP contribution >= 0.6 is 0 Å². The normalized spacial score (nSPS) is 20.1. The van der Waals surface area contributed by atoms with Crippen molar-refractivity contribution < 1.29 is 18.7 Å². The van der Waals surface area contributed by atoms with Crippen LogP contribution in [0.5, 0.6) is 0 Å². The molecule has 2 heterocycles. The van der Waals surface area contributed by atoms with E-state index >= 15 is 0 Å². The predicted octanol–water partition coefficient (Wildman–Crippen LogP) is 1.77. The molecule has 25 heavy (non-hydrogen) atoms. The molecule has 1 aromatic heterocycles. The van der Waals surface area contributed by atoms with Gasteiger partial charge in [-0.05, 0) is 43.2 Å². The van der Waals surface area contributed by atoms with Crippen molar-refractivity contribution in [1.82, 2.24) is 9.47 Å². The van der Waals surface area contributed by atoms with Gasteiger partial charge in [0, 0.05) is 24.4 Å². The standard InChI is InChI=1S/C18H18F2N2O3/c1-11-4-5-21(17(24)6-11)10-18(25)22-9-13(23)8-16(22)14-7-12(19)2-3-15(14)20/h2-7,13,16,23H,8-10H2,1H3/t13-,16+/m0/s1. The average molecular weight is 348 g/mol. The van der Waals surface area contributed by atoms with Crippen LogP contribution in [0.1, 0.15) is 23.6 Å². The number of aliphatic hydroxyl groups is 1. The third-order valence-corrected chi connectivity index (χ3v) is 4.37. The first-order chi connectivity index (χ1) is 11.8. The summed E-state index contributed by atoms with van der Waals surface area (Å²) in [5.74, 6) is -1.68. The second-order valence-electron chi connectivity index (χ2n) is 6.29. The van der Waals surface area contributed by atoms with Gasteiger partial charge in [0.25, 0.3) is 5.56 Å². The molecule has 0 unspecified atom stereocenters.